The summed E-state index contributed by atoms with van der Waals surface area (Å²) < 4.78 is 16.5. The minimum atomic E-state index is -1.00. The third-order valence-electron chi connectivity index (χ3n) is 5.41. The predicted molar refractivity (Wildman–Crippen MR) is 109 cm³/mol. The number of likely N-dealkylation sites (tertiary alicyclic amines) is 1. The highest BCUT2D eigenvalue weighted by Crippen LogP contribution is 2.33. The van der Waals surface area contributed by atoms with E-state index in [0.29, 0.717) is 60.2 Å². The molecule has 7 heteroatoms. The van der Waals surface area contributed by atoms with Crippen molar-refractivity contribution in [2.45, 2.75) is 31.8 Å². The van der Waals surface area contributed by atoms with Crippen LogP contribution in [0.3, 0.4) is 0 Å². The van der Waals surface area contributed by atoms with Gasteiger partial charge >= 0.3 is 0 Å². The smallest absolute Gasteiger partial charge is 0.253 e. The van der Waals surface area contributed by atoms with Crippen LogP contribution in [-0.2, 0) is 0 Å². The van der Waals surface area contributed by atoms with Gasteiger partial charge in [-0.15, -0.1) is 0 Å². The first-order chi connectivity index (χ1) is 13.9. The first kappa shape index (κ1) is 19.9. The summed E-state index contributed by atoms with van der Waals surface area (Å²) in [5, 5.41) is 11.5. The van der Waals surface area contributed by atoms with Gasteiger partial charge in [0.1, 0.15) is 18.0 Å². The topological polar surface area (TPSA) is 68.2 Å². The lowest BCUT2D eigenvalue weighted by Crippen LogP contribution is -2.38. The Labute approximate surface area is 174 Å². The molecule has 154 valence electrons. The Balaban J connectivity index is 1.39. The van der Waals surface area contributed by atoms with Gasteiger partial charge in [0.15, 0.2) is 11.5 Å². The SMILES string of the molecule is Cc1ccc(Cl)c(OCC2(O)CCCN(C(=O)c3ccc4c(c3)OCO4)CC2)c1. The highest BCUT2D eigenvalue weighted by atomic mass is 35.5. The summed E-state index contributed by atoms with van der Waals surface area (Å²) in [5.74, 6) is 1.73. The van der Waals surface area contributed by atoms with Crippen LogP contribution in [0.4, 0.5) is 0 Å². The van der Waals surface area contributed by atoms with Crippen LogP contribution in [0.1, 0.15) is 35.2 Å². The Hall–Kier alpha value is -2.44. The summed E-state index contributed by atoms with van der Waals surface area (Å²) in [4.78, 5) is 14.7. The molecule has 0 bridgehead atoms. The van der Waals surface area contributed by atoms with Gasteiger partial charge in [0.05, 0.1) is 5.02 Å². The van der Waals surface area contributed by atoms with Crippen LogP contribution >= 0.6 is 11.6 Å². The minimum Gasteiger partial charge on any atom is -0.489 e. The van der Waals surface area contributed by atoms with Crippen molar-refractivity contribution < 1.29 is 24.1 Å². The molecule has 1 fully saturated rings. The summed E-state index contributed by atoms with van der Waals surface area (Å²) in [6, 6.07) is 10.8. The van der Waals surface area contributed by atoms with E-state index < -0.39 is 5.60 Å². The summed E-state index contributed by atoms with van der Waals surface area (Å²) in [6.45, 7) is 3.32. The summed E-state index contributed by atoms with van der Waals surface area (Å²) in [5.41, 5.74) is 0.594. The molecular formula is C22H24ClNO5. The zero-order valence-electron chi connectivity index (χ0n) is 16.3. The minimum absolute atomic E-state index is 0.0739. The van der Waals surface area contributed by atoms with Crippen molar-refractivity contribution in [3.8, 4) is 17.2 Å². The maximum Gasteiger partial charge on any atom is 0.253 e. The number of benzene rings is 2. The molecule has 2 aromatic rings. The number of hydrogen-bond donors (Lipinski definition) is 1. The molecule has 1 atom stereocenters. The summed E-state index contributed by atoms with van der Waals surface area (Å²) in [6.07, 6.45) is 1.69. The quantitative estimate of drug-likeness (QED) is 0.819. The lowest BCUT2D eigenvalue weighted by Gasteiger charge is -2.27. The van der Waals surface area contributed by atoms with Crippen LogP contribution in [0.15, 0.2) is 36.4 Å². The Morgan fingerprint density at radius 1 is 1.17 bits per heavy atom. The van der Waals surface area contributed by atoms with E-state index in [4.69, 9.17) is 25.8 Å². The van der Waals surface area contributed by atoms with Crippen molar-refractivity contribution in [3.63, 3.8) is 0 Å². The fourth-order valence-electron chi connectivity index (χ4n) is 3.67. The van der Waals surface area contributed by atoms with Gasteiger partial charge in [-0.05, 0) is 62.1 Å². The molecule has 1 unspecified atom stereocenters. The van der Waals surface area contributed by atoms with E-state index in [9.17, 15) is 9.90 Å². The molecule has 6 nitrogen and oxygen atoms in total. The van der Waals surface area contributed by atoms with Gasteiger partial charge in [0, 0.05) is 18.7 Å². The first-order valence-electron chi connectivity index (χ1n) is 9.74. The summed E-state index contributed by atoms with van der Waals surface area (Å²) >= 11 is 6.19. The number of carbonyl (C=O) groups excluding carboxylic acids is 1. The van der Waals surface area contributed by atoms with Gasteiger partial charge < -0.3 is 24.2 Å². The number of rotatable bonds is 4. The number of carbonyl (C=O) groups is 1. The second kappa shape index (κ2) is 8.13. The van der Waals surface area contributed by atoms with Gasteiger partial charge in [0.25, 0.3) is 5.91 Å². The van der Waals surface area contributed by atoms with E-state index >= 15 is 0 Å². The second-order valence-electron chi connectivity index (χ2n) is 7.66. The standard InChI is InChI=1S/C22H24ClNO5/c1-15-3-5-17(23)19(11-15)27-13-22(26)7-2-9-24(10-8-22)21(25)16-4-6-18-20(12-16)29-14-28-18/h3-6,11-12,26H,2,7-10,13-14H2,1H3. The fraction of sp³-hybridized carbons (Fsp3) is 0.409. The molecule has 0 aliphatic carbocycles. The van der Waals surface area contributed by atoms with E-state index in [2.05, 4.69) is 0 Å². The average Bonchev–Trinajstić information content (AvgIpc) is 3.10. The average molecular weight is 418 g/mol. The third-order valence-corrected chi connectivity index (χ3v) is 5.72. The summed E-state index contributed by atoms with van der Waals surface area (Å²) in [7, 11) is 0. The first-order valence-corrected chi connectivity index (χ1v) is 10.1. The molecule has 2 aliphatic rings. The zero-order valence-corrected chi connectivity index (χ0v) is 17.1. The molecule has 2 aliphatic heterocycles. The van der Waals surface area contributed by atoms with Crippen LogP contribution < -0.4 is 14.2 Å². The van der Waals surface area contributed by atoms with Crippen LogP contribution in [0.5, 0.6) is 17.2 Å². The predicted octanol–water partition coefficient (Wildman–Crippen LogP) is 3.81. The van der Waals surface area contributed by atoms with Crippen molar-refractivity contribution in [1.29, 1.82) is 0 Å². The number of amides is 1. The molecule has 2 heterocycles. The highest BCUT2D eigenvalue weighted by molar-refractivity contribution is 6.32. The van der Waals surface area contributed by atoms with Gasteiger partial charge in [-0.1, -0.05) is 17.7 Å². The van der Waals surface area contributed by atoms with E-state index in [1.165, 1.54) is 0 Å². The van der Waals surface area contributed by atoms with Gasteiger partial charge in [0.2, 0.25) is 6.79 Å². The molecule has 1 N–H and O–H groups in total. The maximum atomic E-state index is 12.9. The molecule has 0 spiro atoms. The van der Waals surface area contributed by atoms with E-state index in [-0.39, 0.29) is 19.3 Å². The maximum absolute atomic E-state index is 12.9. The zero-order chi connectivity index (χ0) is 20.4. The van der Waals surface area contributed by atoms with E-state index in [1.54, 1.807) is 29.2 Å². The normalized spacial score (nSPS) is 21.0. The Bertz CT molecular complexity index is 918. The molecule has 0 aromatic heterocycles. The number of halogens is 1. The fourth-order valence-corrected chi connectivity index (χ4v) is 3.84. The van der Waals surface area contributed by atoms with Crippen LogP contribution in [0.25, 0.3) is 0 Å². The van der Waals surface area contributed by atoms with Gasteiger partial charge in [-0.3, -0.25) is 4.79 Å². The number of aliphatic hydroxyl groups is 1. The number of aryl methyl sites for hydroxylation is 1. The Kier molecular flexibility index (Phi) is 5.56. The van der Waals surface area contributed by atoms with Crippen molar-refractivity contribution in [1.82, 2.24) is 4.90 Å². The number of ether oxygens (including phenoxy) is 3. The van der Waals surface area contributed by atoms with Crippen molar-refractivity contribution in [3.05, 3.63) is 52.5 Å². The molecule has 0 saturated carbocycles. The lowest BCUT2D eigenvalue weighted by atomic mass is 9.96. The van der Waals surface area contributed by atoms with Crippen molar-refractivity contribution >= 4 is 17.5 Å². The number of fused-ring (bicyclic) bond motifs is 1. The Morgan fingerprint density at radius 3 is 2.86 bits per heavy atom. The van der Waals surface area contributed by atoms with Crippen LogP contribution in [0, 0.1) is 6.92 Å². The van der Waals surface area contributed by atoms with Crippen molar-refractivity contribution in [2.75, 3.05) is 26.5 Å². The number of nitrogens with zero attached hydrogens (tertiary/aromatic N) is 1. The second-order valence-corrected chi connectivity index (χ2v) is 8.07. The largest absolute Gasteiger partial charge is 0.489 e. The molecule has 29 heavy (non-hydrogen) atoms. The monoisotopic (exact) mass is 417 g/mol. The third kappa shape index (κ3) is 4.43. The molecule has 1 amide bonds. The van der Waals surface area contributed by atoms with Crippen LogP contribution in [0.2, 0.25) is 5.02 Å². The Morgan fingerprint density at radius 2 is 2.00 bits per heavy atom. The molecule has 0 radical (unpaired) electrons. The van der Waals surface area contributed by atoms with Gasteiger partial charge in [-0.25, -0.2) is 0 Å². The molecular weight excluding hydrogens is 394 g/mol. The van der Waals surface area contributed by atoms with E-state index in [0.717, 1.165) is 5.56 Å². The molecule has 4 rings (SSSR count). The van der Waals surface area contributed by atoms with Gasteiger partial charge in [-0.2, -0.15) is 0 Å². The number of hydrogen-bond acceptors (Lipinski definition) is 5. The van der Waals surface area contributed by atoms with Crippen molar-refractivity contribution in [2.24, 2.45) is 0 Å². The lowest BCUT2D eigenvalue weighted by molar-refractivity contribution is -0.0163. The van der Waals surface area contributed by atoms with Crippen LogP contribution in [-0.4, -0.2) is 48.0 Å². The highest BCUT2D eigenvalue weighted by Gasteiger charge is 2.33. The molecule has 1 saturated heterocycles. The van der Waals surface area contributed by atoms with E-state index in [1.807, 2.05) is 19.1 Å². The molecule has 2 aromatic carbocycles.